The monoisotopic (exact) mass is 378 g/mol. The third-order valence-corrected chi connectivity index (χ3v) is 1.78. The first-order valence-corrected chi connectivity index (χ1v) is 4.55. The predicted octanol–water partition coefficient (Wildman–Crippen LogP) is 5.61. The maximum absolute atomic E-state index is 12.7. The Bertz CT molecular complexity index is 452. The smallest absolute Gasteiger partial charge is 0.247 e. The van der Waals surface area contributed by atoms with Crippen molar-refractivity contribution in [3.63, 3.8) is 0 Å². The molecule has 0 aliphatic rings. The lowest BCUT2D eigenvalue weighted by Gasteiger charge is -2.27. The molecule has 0 unspecified atom stereocenters. The molecule has 15 heteroatoms. The summed E-state index contributed by atoms with van der Waals surface area (Å²) in [5.74, 6) is 0. The van der Waals surface area contributed by atoms with E-state index in [4.69, 9.17) is 0 Å². The van der Waals surface area contributed by atoms with Crippen LogP contribution >= 0.6 is 0 Å². The average molecular weight is 378 g/mol. The minimum atomic E-state index is -6.77. The quantitative estimate of drug-likeness (QED) is 0.578. The fourth-order valence-electron chi connectivity index (χ4n) is 1.03. The van der Waals surface area contributed by atoms with Crippen LogP contribution in [0.5, 0.6) is 0 Å². The molecule has 0 amide bonds. The predicted molar refractivity (Wildman–Crippen MR) is 41.6 cm³/mol. The highest BCUT2D eigenvalue weighted by Gasteiger charge is 2.64. The molecule has 0 bridgehead atoms. The third-order valence-electron chi connectivity index (χ3n) is 1.78. The van der Waals surface area contributed by atoms with Gasteiger partial charge in [-0.05, 0) is 0 Å². The number of ether oxygens (including phenoxy) is 1. The molecular formula is C8F14O. The van der Waals surface area contributed by atoms with Crippen molar-refractivity contribution in [3.8, 4) is 0 Å². The SMILES string of the molecule is FC(F)=C(C(F)(F)F)C(F)(F)OC(F)(F)C(=C(F)F)C(F)(F)F. The molecule has 0 atom stereocenters. The number of hydrogen-bond donors (Lipinski definition) is 0. The zero-order chi connectivity index (χ0) is 19.0. The van der Waals surface area contributed by atoms with E-state index in [0.717, 1.165) is 0 Å². The van der Waals surface area contributed by atoms with Gasteiger partial charge in [-0.2, -0.15) is 61.5 Å². The lowest BCUT2D eigenvalue weighted by Crippen LogP contribution is -2.43. The van der Waals surface area contributed by atoms with Crippen molar-refractivity contribution in [2.45, 2.75) is 24.6 Å². The van der Waals surface area contributed by atoms with Crippen LogP contribution in [-0.4, -0.2) is 24.6 Å². The van der Waals surface area contributed by atoms with Gasteiger partial charge in [0.15, 0.2) is 11.1 Å². The summed E-state index contributed by atoms with van der Waals surface area (Å²) in [7, 11) is 0. The second-order valence-corrected chi connectivity index (χ2v) is 3.40. The first-order chi connectivity index (χ1) is 9.84. The van der Waals surface area contributed by atoms with Gasteiger partial charge in [0.2, 0.25) is 0 Å². The molecule has 23 heavy (non-hydrogen) atoms. The number of rotatable bonds is 4. The molecule has 1 nitrogen and oxygen atoms in total. The van der Waals surface area contributed by atoms with E-state index in [2.05, 4.69) is 0 Å². The molecule has 136 valence electrons. The summed E-state index contributed by atoms with van der Waals surface area (Å²) < 4.78 is 172. The summed E-state index contributed by atoms with van der Waals surface area (Å²) in [6.45, 7) is 0. The minimum absolute atomic E-state index is 1.74. The summed E-state index contributed by atoms with van der Waals surface area (Å²) in [4.78, 5) is 0. The van der Waals surface area contributed by atoms with Crippen LogP contribution in [0.4, 0.5) is 61.5 Å². The zero-order valence-corrected chi connectivity index (χ0v) is 9.70. The molecule has 0 saturated heterocycles. The summed E-state index contributed by atoms with van der Waals surface area (Å²) in [6, 6.07) is 0. The second kappa shape index (κ2) is 6.16. The van der Waals surface area contributed by atoms with Gasteiger partial charge in [-0.15, -0.1) is 0 Å². The average Bonchev–Trinajstić information content (AvgIpc) is 2.03. The minimum Gasteiger partial charge on any atom is -0.247 e. The van der Waals surface area contributed by atoms with Crippen LogP contribution in [0.1, 0.15) is 0 Å². The van der Waals surface area contributed by atoms with Gasteiger partial charge in [-0.25, -0.2) is 4.74 Å². The van der Waals surface area contributed by atoms with E-state index in [1.807, 2.05) is 0 Å². The Morgan fingerprint density at radius 1 is 0.478 bits per heavy atom. The van der Waals surface area contributed by atoms with Gasteiger partial charge in [-0.3, -0.25) is 0 Å². The molecule has 0 saturated carbocycles. The number of hydrogen-bond acceptors (Lipinski definition) is 1. The molecule has 0 rings (SSSR count). The summed E-state index contributed by atoms with van der Waals surface area (Å²) in [5.41, 5.74) is -8.74. The first-order valence-electron chi connectivity index (χ1n) is 4.55. The molecule has 0 radical (unpaired) electrons. The Morgan fingerprint density at radius 2 is 0.696 bits per heavy atom. The summed E-state index contributed by atoms with van der Waals surface area (Å²) >= 11 is 0. The molecule has 0 aromatic rings. The van der Waals surface area contributed by atoms with Gasteiger partial charge in [0.05, 0.1) is 0 Å². The van der Waals surface area contributed by atoms with Crippen molar-refractivity contribution >= 4 is 0 Å². The Labute approximate surface area is 115 Å². The Balaban J connectivity index is 6.05. The standard InChI is InChI=1S/C8F14O/c9-3(10)1(5(13,14)15)7(19,20)23-8(21,22)2(4(11)12)6(16,17)18. The summed E-state index contributed by atoms with van der Waals surface area (Å²) in [5, 5.41) is 0. The molecule has 0 spiro atoms. The molecule has 0 aliphatic carbocycles. The third kappa shape index (κ3) is 5.24. The van der Waals surface area contributed by atoms with E-state index in [-0.39, 0.29) is 0 Å². The topological polar surface area (TPSA) is 9.23 Å². The molecule has 0 fully saturated rings. The van der Waals surface area contributed by atoms with E-state index in [9.17, 15) is 61.5 Å². The largest absolute Gasteiger partial charge is 0.426 e. The molecule has 0 aromatic heterocycles. The van der Waals surface area contributed by atoms with Crippen molar-refractivity contribution in [1.82, 2.24) is 0 Å². The maximum atomic E-state index is 12.7. The highest BCUT2D eigenvalue weighted by Crippen LogP contribution is 2.48. The zero-order valence-electron chi connectivity index (χ0n) is 9.70. The second-order valence-electron chi connectivity index (χ2n) is 3.40. The van der Waals surface area contributed by atoms with Crippen molar-refractivity contribution < 1.29 is 66.2 Å². The maximum Gasteiger partial charge on any atom is 0.426 e. The normalized spacial score (nSPS) is 13.8. The molecule has 0 aliphatic heterocycles. The summed E-state index contributed by atoms with van der Waals surface area (Å²) in [6.07, 6.45) is -35.6. The van der Waals surface area contributed by atoms with Gasteiger partial charge in [0.25, 0.3) is 12.2 Å². The van der Waals surface area contributed by atoms with Gasteiger partial charge >= 0.3 is 24.6 Å². The van der Waals surface area contributed by atoms with Crippen LogP contribution in [0.15, 0.2) is 23.3 Å². The van der Waals surface area contributed by atoms with E-state index < -0.39 is 47.9 Å². The van der Waals surface area contributed by atoms with E-state index in [1.165, 1.54) is 0 Å². The lowest BCUT2D eigenvalue weighted by atomic mass is 10.2. The van der Waals surface area contributed by atoms with Crippen LogP contribution in [0.25, 0.3) is 0 Å². The van der Waals surface area contributed by atoms with Gasteiger partial charge < -0.3 is 0 Å². The Kier molecular flexibility index (Phi) is 5.75. The van der Waals surface area contributed by atoms with Crippen LogP contribution < -0.4 is 0 Å². The molecule has 0 N–H and O–H groups in total. The van der Waals surface area contributed by atoms with E-state index >= 15 is 0 Å². The Morgan fingerprint density at radius 3 is 0.826 bits per heavy atom. The van der Waals surface area contributed by atoms with Crippen LogP contribution in [0, 0.1) is 0 Å². The molecule has 0 heterocycles. The van der Waals surface area contributed by atoms with E-state index in [1.54, 1.807) is 4.74 Å². The fraction of sp³-hybridized carbons (Fsp3) is 0.500. The highest BCUT2D eigenvalue weighted by molar-refractivity contribution is 5.20. The van der Waals surface area contributed by atoms with Crippen molar-refractivity contribution in [3.05, 3.63) is 23.3 Å². The van der Waals surface area contributed by atoms with Crippen molar-refractivity contribution in [1.29, 1.82) is 0 Å². The molecular weight excluding hydrogens is 378 g/mol. The number of halogens is 14. The van der Waals surface area contributed by atoms with Crippen LogP contribution in [0.2, 0.25) is 0 Å². The van der Waals surface area contributed by atoms with Crippen molar-refractivity contribution in [2.24, 2.45) is 0 Å². The first kappa shape index (κ1) is 21.5. The van der Waals surface area contributed by atoms with Gasteiger partial charge in [-0.1, -0.05) is 0 Å². The highest BCUT2D eigenvalue weighted by atomic mass is 19.4. The Hall–Kier alpha value is -1.54. The van der Waals surface area contributed by atoms with Crippen LogP contribution in [0.3, 0.4) is 0 Å². The lowest BCUT2D eigenvalue weighted by molar-refractivity contribution is -0.364. The van der Waals surface area contributed by atoms with E-state index in [0.29, 0.717) is 0 Å². The van der Waals surface area contributed by atoms with Crippen molar-refractivity contribution in [2.75, 3.05) is 0 Å². The van der Waals surface area contributed by atoms with Gasteiger partial charge in [0, 0.05) is 0 Å². The van der Waals surface area contributed by atoms with Gasteiger partial charge in [0.1, 0.15) is 0 Å². The number of alkyl halides is 10. The fourth-order valence-corrected chi connectivity index (χ4v) is 1.03. The van der Waals surface area contributed by atoms with Crippen LogP contribution in [-0.2, 0) is 4.74 Å². The molecule has 0 aromatic carbocycles.